The number of ether oxygens (including phenoxy) is 1. The Morgan fingerprint density at radius 1 is 1.32 bits per heavy atom. The molecule has 0 radical (unpaired) electrons. The Morgan fingerprint density at radius 2 is 2.12 bits per heavy atom. The number of rotatable bonds is 4. The summed E-state index contributed by atoms with van der Waals surface area (Å²) in [6.07, 6.45) is 1.95. The molecule has 1 aliphatic rings. The summed E-state index contributed by atoms with van der Waals surface area (Å²) in [6.45, 7) is 0.759. The molecule has 1 aromatic carbocycles. The molecule has 132 valence electrons. The maximum atomic E-state index is 12.5. The van der Waals surface area contributed by atoms with Crippen molar-refractivity contribution < 1.29 is 14.3 Å². The number of H-pyrrole nitrogens is 1. The molecule has 3 rings (SSSR count). The molecule has 0 bridgehead atoms. The molecule has 2 aromatic rings. The highest BCUT2D eigenvalue weighted by molar-refractivity contribution is 5.85. The largest absolute Gasteiger partial charge is 0.453 e. The van der Waals surface area contributed by atoms with E-state index in [0.717, 1.165) is 18.4 Å². The Labute approximate surface area is 145 Å². The van der Waals surface area contributed by atoms with Crippen molar-refractivity contribution >= 4 is 12.0 Å². The molecule has 1 aliphatic heterocycles. The van der Waals surface area contributed by atoms with Gasteiger partial charge in [-0.2, -0.15) is 5.10 Å². The minimum absolute atomic E-state index is 0.206. The summed E-state index contributed by atoms with van der Waals surface area (Å²) in [5, 5.41) is 9.81. The lowest BCUT2D eigenvalue weighted by molar-refractivity contribution is -0.127. The zero-order valence-corrected chi connectivity index (χ0v) is 14.1. The topological polar surface area (TPSA) is 100 Å². The number of hydrogen-bond acceptors (Lipinski definition) is 5. The van der Waals surface area contributed by atoms with Crippen molar-refractivity contribution in [2.45, 2.75) is 31.8 Å². The zero-order chi connectivity index (χ0) is 17.6. The van der Waals surface area contributed by atoms with Crippen LogP contribution in [-0.2, 0) is 16.1 Å². The van der Waals surface area contributed by atoms with Gasteiger partial charge in [0.25, 0.3) is 0 Å². The third-order valence-electron chi connectivity index (χ3n) is 4.21. The standard InChI is InChI=1S/C17H21N5O3/c1-25-17(24)22-10-6-5-9-13(22)16(23)18-11-14-19-15(21-20-14)12-7-3-2-4-8-12/h2-4,7-8,13H,5-6,9-11H2,1H3,(H,18,23)(H,19,20,21). The number of methoxy groups -OCH3 is 1. The van der Waals surface area contributed by atoms with Crippen LogP contribution in [0, 0.1) is 0 Å². The van der Waals surface area contributed by atoms with Crippen LogP contribution in [0.3, 0.4) is 0 Å². The molecule has 0 aliphatic carbocycles. The van der Waals surface area contributed by atoms with E-state index in [4.69, 9.17) is 4.74 Å². The van der Waals surface area contributed by atoms with E-state index in [9.17, 15) is 9.59 Å². The summed E-state index contributed by atoms with van der Waals surface area (Å²) in [5.74, 6) is 0.939. The number of aromatic nitrogens is 3. The van der Waals surface area contributed by atoms with Gasteiger partial charge in [-0.15, -0.1) is 0 Å². The molecular formula is C17H21N5O3. The molecule has 1 aromatic heterocycles. The van der Waals surface area contributed by atoms with Crippen LogP contribution < -0.4 is 5.32 Å². The van der Waals surface area contributed by atoms with Crippen molar-refractivity contribution in [3.05, 3.63) is 36.2 Å². The van der Waals surface area contributed by atoms with Crippen LogP contribution in [0.15, 0.2) is 30.3 Å². The number of amides is 2. The number of hydrogen-bond donors (Lipinski definition) is 2. The molecular weight excluding hydrogens is 322 g/mol. The van der Waals surface area contributed by atoms with Crippen LogP contribution in [-0.4, -0.2) is 51.8 Å². The third-order valence-corrected chi connectivity index (χ3v) is 4.21. The minimum atomic E-state index is -0.502. The van der Waals surface area contributed by atoms with Crippen LogP contribution in [0.1, 0.15) is 25.1 Å². The summed E-state index contributed by atoms with van der Waals surface area (Å²) in [6, 6.07) is 9.09. The predicted octanol–water partition coefficient (Wildman–Crippen LogP) is 1.71. The maximum absolute atomic E-state index is 12.5. The molecule has 2 heterocycles. The van der Waals surface area contributed by atoms with Crippen LogP contribution in [0.4, 0.5) is 4.79 Å². The van der Waals surface area contributed by atoms with Gasteiger partial charge in [0.05, 0.1) is 13.7 Å². The lowest BCUT2D eigenvalue weighted by Crippen LogP contribution is -2.51. The lowest BCUT2D eigenvalue weighted by Gasteiger charge is -2.33. The Bertz CT molecular complexity index is 731. The highest BCUT2D eigenvalue weighted by Gasteiger charge is 2.32. The van der Waals surface area contributed by atoms with Crippen LogP contribution >= 0.6 is 0 Å². The van der Waals surface area contributed by atoms with E-state index < -0.39 is 12.1 Å². The first kappa shape index (κ1) is 16.9. The van der Waals surface area contributed by atoms with E-state index in [1.807, 2.05) is 30.3 Å². The summed E-state index contributed by atoms with van der Waals surface area (Å²) in [4.78, 5) is 30.1. The quantitative estimate of drug-likeness (QED) is 0.880. The molecule has 8 nitrogen and oxygen atoms in total. The van der Waals surface area contributed by atoms with Crippen LogP contribution in [0.25, 0.3) is 11.4 Å². The van der Waals surface area contributed by atoms with E-state index in [0.29, 0.717) is 24.6 Å². The molecule has 1 fully saturated rings. The van der Waals surface area contributed by atoms with Gasteiger partial charge in [0, 0.05) is 12.1 Å². The minimum Gasteiger partial charge on any atom is -0.453 e. The lowest BCUT2D eigenvalue weighted by atomic mass is 10.0. The number of piperidine rings is 1. The van der Waals surface area contributed by atoms with Crippen LogP contribution in [0.5, 0.6) is 0 Å². The Hall–Kier alpha value is -2.90. The highest BCUT2D eigenvalue weighted by Crippen LogP contribution is 2.18. The molecule has 1 saturated heterocycles. The summed E-state index contributed by atoms with van der Waals surface area (Å²) in [5.41, 5.74) is 0.903. The predicted molar refractivity (Wildman–Crippen MR) is 90.4 cm³/mol. The van der Waals surface area contributed by atoms with Gasteiger partial charge in [0.15, 0.2) is 5.82 Å². The first-order valence-corrected chi connectivity index (χ1v) is 8.28. The van der Waals surface area contributed by atoms with Gasteiger partial charge in [0.1, 0.15) is 11.9 Å². The second kappa shape index (κ2) is 7.78. The average Bonchev–Trinajstić information content (AvgIpc) is 3.15. The van der Waals surface area contributed by atoms with Gasteiger partial charge in [-0.1, -0.05) is 30.3 Å². The monoisotopic (exact) mass is 343 g/mol. The van der Waals surface area contributed by atoms with E-state index in [1.54, 1.807) is 0 Å². The van der Waals surface area contributed by atoms with Crippen molar-refractivity contribution in [3.63, 3.8) is 0 Å². The normalized spacial score (nSPS) is 17.2. The molecule has 1 unspecified atom stereocenters. The molecule has 8 heteroatoms. The second-order valence-electron chi connectivity index (χ2n) is 5.86. The average molecular weight is 343 g/mol. The van der Waals surface area contributed by atoms with Crippen molar-refractivity contribution in [1.82, 2.24) is 25.4 Å². The molecule has 0 spiro atoms. The Kier molecular flexibility index (Phi) is 5.27. The van der Waals surface area contributed by atoms with Gasteiger partial charge >= 0.3 is 6.09 Å². The number of aromatic amines is 1. The Balaban J connectivity index is 1.60. The first-order chi connectivity index (χ1) is 12.2. The van der Waals surface area contributed by atoms with Gasteiger partial charge < -0.3 is 10.1 Å². The summed E-state index contributed by atoms with van der Waals surface area (Å²) in [7, 11) is 1.32. The smallest absolute Gasteiger partial charge is 0.410 e. The molecule has 2 amide bonds. The van der Waals surface area contributed by atoms with Gasteiger partial charge in [-0.25, -0.2) is 9.78 Å². The van der Waals surface area contributed by atoms with E-state index in [2.05, 4.69) is 20.5 Å². The molecule has 0 saturated carbocycles. The molecule has 1 atom stereocenters. The van der Waals surface area contributed by atoms with E-state index >= 15 is 0 Å². The van der Waals surface area contributed by atoms with Gasteiger partial charge in [-0.05, 0) is 19.3 Å². The number of benzene rings is 1. The Morgan fingerprint density at radius 3 is 2.88 bits per heavy atom. The summed E-state index contributed by atoms with van der Waals surface area (Å²) < 4.78 is 4.76. The fraction of sp³-hybridized carbons (Fsp3) is 0.412. The van der Waals surface area contributed by atoms with Crippen molar-refractivity contribution in [2.75, 3.05) is 13.7 Å². The number of likely N-dealkylation sites (tertiary alicyclic amines) is 1. The van der Waals surface area contributed by atoms with Gasteiger partial charge in [-0.3, -0.25) is 14.8 Å². The fourth-order valence-electron chi connectivity index (χ4n) is 2.92. The van der Waals surface area contributed by atoms with Crippen molar-refractivity contribution in [1.29, 1.82) is 0 Å². The van der Waals surface area contributed by atoms with Crippen molar-refractivity contribution in [3.8, 4) is 11.4 Å². The first-order valence-electron chi connectivity index (χ1n) is 8.28. The van der Waals surface area contributed by atoms with E-state index in [-0.39, 0.29) is 12.5 Å². The number of nitrogens with one attached hydrogen (secondary N) is 2. The molecule has 25 heavy (non-hydrogen) atoms. The van der Waals surface area contributed by atoms with E-state index in [1.165, 1.54) is 12.0 Å². The highest BCUT2D eigenvalue weighted by atomic mass is 16.5. The third kappa shape index (κ3) is 3.96. The van der Waals surface area contributed by atoms with Crippen LogP contribution in [0.2, 0.25) is 0 Å². The second-order valence-corrected chi connectivity index (χ2v) is 5.86. The maximum Gasteiger partial charge on any atom is 0.410 e. The fourth-order valence-corrected chi connectivity index (χ4v) is 2.92. The number of carbonyl (C=O) groups is 2. The number of nitrogens with zero attached hydrogens (tertiary/aromatic N) is 3. The SMILES string of the molecule is COC(=O)N1CCCCC1C(=O)NCc1nc(-c2ccccc2)n[nH]1. The number of carbonyl (C=O) groups excluding carboxylic acids is 2. The summed E-state index contributed by atoms with van der Waals surface area (Å²) >= 11 is 0. The van der Waals surface area contributed by atoms with Gasteiger partial charge in [0.2, 0.25) is 5.91 Å². The zero-order valence-electron chi connectivity index (χ0n) is 14.1. The van der Waals surface area contributed by atoms with Crippen molar-refractivity contribution in [2.24, 2.45) is 0 Å². The molecule has 2 N–H and O–H groups in total.